The minimum Gasteiger partial charge on any atom is -0.497 e. The van der Waals surface area contributed by atoms with Crippen LogP contribution in [-0.2, 0) is 0 Å². The molecule has 1 aromatic carbocycles. The molecule has 0 saturated heterocycles. The number of benzene rings is 1. The molecule has 2 unspecified atom stereocenters. The Morgan fingerprint density at radius 3 is 2.56 bits per heavy atom. The first kappa shape index (κ1) is 14.8. The van der Waals surface area contributed by atoms with E-state index in [9.17, 15) is 0 Å². The average molecular weight is 251 g/mol. The van der Waals surface area contributed by atoms with Gasteiger partial charge in [0, 0.05) is 12.1 Å². The first-order valence-corrected chi connectivity index (χ1v) is 6.71. The van der Waals surface area contributed by atoms with Crippen LogP contribution in [0, 0.1) is 5.92 Å². The summed E-state index contributed by atoms with van der Waals surface area (Å²) in [4.78, 5) is 0. The average Bonchev–Trinajstić information content (AvgIpc) is 2.42. The zero-order chi connectivity index (χ0) is 13.4. The third-order valence-electron chi connectivity index (χ3n) is 3.27. The lowest BCUT2D eigenvalue weighted by Crippen LogP contribution is -2.39. The van der Waals surface area contributed by atoms with Gasteiger partial charge < -0.3 is 14.8 Å². The summed E-state index contributed by atoms with van der Waals surface area (Å²) in [5.74, 6) is 2.30. The van der Waals surface area contributed by atoms with Gasteiger partial charge in [-0.25, -0.2) is 0 Å². The normalized spacial score (nSPS) is 14.0. The van der Waals surface area contributed by atoms with Crippen LogP contribution in [0.1, 0.15) is 27.2 Å². The van der Waals surface area contributed by atoms with E-state index in [1.165, 1.54) is 0 Å². The highest BCUT2D eigenvalue weighted by atomic mass is 16.5. The van der Waals surface area contributed by atoms with Gasteiger partial charge in [-0.2, -0.15) is 0 Å². The molecule has 0 amide bonds. The van der Waals surface area contributed by atoms with Crippen LogP contribution in [0.2, 0.25) is 0 Å². The molecule has 0 fully saturated rings. The standard InChI is InChI=1S/C15H25NO2/c1-5-12(3)15(16-6-2)11-18-14-9-7-8-13(10-14)17-4/h7-10,12,15-16H,5-6,11H2,1-4H3. The van der Waals surface area contributed by atoms with E-state index in [-0.39, 0.29) is 0 Å². The Balaban J connectivity index is 2.54. The van der Waals surface area contributed by atoms with Gasteiger partial charge in [-0.15, -0.1) is 0 Å². The Labute approximate surface area is 110 Å². The van der Waals surface area contributed by atoms with Gasteiger partial charge in [0.15, 0.2) is 0 Å². The van der Waals surface area contributed by atoms with Crippen molar-refractivity contribution >= 4 is 0 Å². The maximum Gasteiger partial charge on any atom is 0.123 e. The van der Waals surface area contributed by atoms with Crippen molar-refractivity contribution in [2.75, 3.05) is 20.3 Å². The van der Waals surface area contributed by atoms with E-state index in [1.807, 2.05) is 24.3 Å². The van der Waals surface area contributed by atoms with Crippen molar-refractivity contribution < 1.29 is 9.47 Å². The molecule has 0 aliphatic heterocycles. The SMILES string of the molecule is CCNC(COc1cccc(OC)c1)C(C)CC. The van der Waals surface area contributed by atoms with E-state index in [4.69, 9.17) is 9.47 Å². The van der Waals surface area contributed by atoms with Crippen molar-refractivity contribution in [1.29, 1.82) is 0 Å². The van der Waals surface area contributed by atoms with Gasteiger partial charge in [0.05, 0.1) is 7.11 Å². The summed E-state index contributed by atoms with van der Waals surface area (Å²) < 4.78 is 11.0. The Morgan fingerprint density at radius 2 is 1.94 bits per heavy atom. The summed E-state index contributed by atoms with van der Waals surface area (Å²) >= 11 is 0. The van der Waals surface area contributed by atoms with E-state index in [0.29, 0.717) is 18.6 Å². The topological polar surface area (TPSA) is 30.5 Å². The molecule has 1 aromatic rings. The van der Waals surface area contributed by atoms with Crippen molar-refractivity contribution in [3.8, 4) is 11.5 Å². The number of hydrogen-bond donors (Lipinski definition) is 1. The fourth-order valence-corrected chi connectivity index (χ4v) is 1.85. The van der Waals surface area contributed by atoms with Gasteiger partial charge >= 0.3 is 0 Å². The fraction of sp³-hybridized carbons (Fsp3) is 0.600. The molecule has 18 heavy (non-hydrogen) atoms. The molecule has 0 radical (unpaired) electrons. The lowest BCUT2D eigenvalue weighted by atomic mass is 10.00. The summed E-state index contributed by atoms with van der Waals surface area (Å²) in [7, 11) is 1.67. The van der Waals surface area contributed by atoms with Crippen molar-refractivity contribution in [3.05, 3.63) is 24.3 Å². The zero-order valence-electron chi connectivity index (χ0n) is 11.9. The predicted molar refractivity (Wildman–Crippen MR) is 75.4 cm³/mol. The second-order valence-electron chi connectivity index (χ2n) is 4.54. The van der Waals surface area contributed by atoms with Crippen molar-refractivity contribution in [2.45, 2.75) is 33.2 Å². The van der Waals surface area contributed by atoms with Gasteiger partial charge in [-0.3, -0.25) is 0 Å². The van der Waals surface area contributed by atoms with Gasteiger partial charge in [0.25, 0.3) is 0 Å². The lowest BCUT2D eigenvalue weighted by molar-refractivity contribution is 0.222. The number of rotatable bonds is 8. The highest BCUT2D eigenvalue weighted by Crippen LogP contribution is 2.19. The van der Waals surface area contributed by atoms with Gasteiger partial charge in [-0.1, -0.05) is 33.3 Å². The second-order valence-corrected chi connectivity index (χ2v) is 4.54. The van der Waals surface area contributed by atoms with E-state index in [1.54, 1.807) is 7.11 Å². The van der Waals surface area contributed by atoms with Gasteiger partial charge in [0.2, 0.25) is 0 Å². The lowest BCUT2D eigenvalue weighted by Gasteiger charge is -2.24. The van der Waals surface area contributed by atoms with Crippen LogP contribution >= 0.6 is 0 Å². The number of hydrogen-bond acceptors (Lipinski definition) is 3. The molecule has 1 rings (SSSR count). The van der Waals surface area contributed by atoms with Crippen LogP contribution in [0.3, 0.4) is 0 Å². The van der Waals surface area contributed by atoms with Crippen molar-refractivity contribution in [1.82, 2.24) is 5.32 Å². The Kier molecular flexibility index (Phi) is 6.58. The minimum absolute atomic E-state index is 0.395. The van der Waals surface area contributed by atoms with Gasteiger partial charge in [0.1, 0.15) is 18.1 Å². The molecule has 0 aliphatic carbocycles. The molecule has 3 heteroatoms. The molecule has 102 valence electrons. The Bertz CT molecular complexity index is 341. The third kappa shape index (κ3) is 4.57. The maximum atomic E-state index is 5.84. The second kappa shape index (κ2) is 7.98. The third-order valence-corrected chi connectivity index (χ3v) is 3.27. The molecular weight excluding hydrogens is 226 g/mol. The molecular formula is C15H25NO2. The molecule has 0 heterocycles. The predicted octanol–water partition coefficient (Wildman–Crippen LogP) is 3.10. The highest BCUT2D eigenvalue weighted by Gasteiger charge is 2.15. The number of ether oxygens (including phenoxy) is 2. The van der Waals surface area contributed by atoms with Crippen LogP contribution in [0.4, 0.5) is 0 Å². The minimum atomic E-state index is 0.395. The first-order valence-electron chi connectivity index (χ1n) is 6.71. The van der Waals surface area contributed by atoms with Gasteiger partial charge in [-0.05, 0) is 24.6 Å². The molecule has 0 aliphatic rings. The van der Waals surface area contributed by atoms with Crippen LogP contribution in [0.25, 0.3) is 0 Å². The summed E-state index contributed by atoms with van der Waals surface area (Å²) in [5.41, 5.74) is 0. The maximum absolute atomic E-state index is 5.84. The van der Waals surface area contributed by atoms with Crippen molar-refractivity contribution in [3.63, 3.8) is 0 Å². The summed E-state index contributed by atoms with van der Waals surface area (Å²) in [6, 6.07) is 8.14. The van der Waals surface area contributed by atoms with Crippen LogP contribution < -0.4 is 14.8 Å². The molecule has 0 bridgehead atoms. The molecule has 2 atom stereocenters. The summed E-state index contributed by atoms with van der Waals surface area (Å²) in [6.45, 7) is 8.25. The van der Waals surface area contributed by atoms with Crippen molar-refractivity contribution in [2.24, 2.45) is 5.92 Å². The Morgan fingerprint density at radius 1 is 1.22 bits per heavy atom. The van der Waals surface area contributed by atoms with Crippen LogP contribution in [-0.4, -0.2) is 26.3 Å². The van der Waals surface area contributed by atoms with E-state index in [2.05, 4.69) is 26.1 Å². The largest absolute Gasteiger partial charge is 0.497 e. The number of methoxy groups -OCH3 is 1. The van der Waals surface area contributed by atoms with Crippen LogP contribution in [0.5, 0.6) is 11.5 Å². The Hall–Kier alpha value is -1.22. The quantitative estimate of drug-likeness (QED) is 0.770. The molecule has 0 aromatic heterocycles. The highest BCUT2D eigenvalue weighted by molar-refractivity contribution is 5.32. The van der Waals surface area contributed by atoms with E-state index >= 15 is 0 Å². The van der Waals surface area contributed by atoms with E-state index in [0.717, 1.165) is 24.5 Å². The fourth-order valence-electron chi connectivity index (χ4n) is 1.85. The van der Waals surface area contributed by atoms with E-state index < -0.39 is 0 Å². The number of nitrogens with one attached hydrogen (secondary N) is 1. The monoisotopic (exact) mass is 251 g/mol. The first-order chi connectivity index (χ1) is 8.71. The summed E-state index contributed by atoms with van der Waals surface area (Å²) in [6.07, 6.45) is 1.15. The molecule has 0 spiro atoms. The van der Waals surface area contributed by atoms with Crippen LogP contribution in [0.15, 0.2) is 24.3 Å². The number of likely N-dealkylation sites (N-methyl/N-ethyl adjacent to an activating group) is 1. The smallest absolute Gasteiger partial charge is 0.123 e. The summed E-state index contributed by atoms with van der Waals surface area (Å²) in [5, 5.41) is 3.48. The molecule has 0 saturated carbocycles. The zero-order valence-corrected chi connectivity index (χ0v) is 11.9. The molecule has 3 nitrogen and oxygen atoms in total. The molecule has 1 N–H and O–H groups in total.